The molecule has 1 aliphatic rings. The maximum Gasteiger partial charge on any atom is 0.451 e. The van der Waals surface area contributed by atoms with Crippen LogP contribution in [0.4, 0.5) is 19.0 Å². The smallest absolute Gasteiger partial charge is 0.356 e. The fourth-order valence-electron chi connectivity index (χ4n) is 2.97. The number of hydrogen-bond acceptors (Lipinski definition) is 4. The Labute approximate surface area is 131 Å². The molecule has 5 nitrogen and oxygen atoms in total. The average Bonchev–Trinajstić information content (AvgIpc) is 3.03. The van der Waals surface area contributed by atoms with Gasteiger partial charge in [-0.3, -0.25) is 5.10 Å². The number of hydrogen-bond donors (Lipinski definition) is 1. The second-order valence-electron chi connectivity index (χ2n) is 5.88. The van der Waals surface area contributed by atoms with E-state index in [1.165, 1.54) is 0 Å². The summed E-state index contributed by atoms with van der Waals surface area (Å²) >= 11 is 0. The first kappa shape index (κ1) is 15.8. The molecule has 0 aromatic carbocycles. The standard InChI is InChI=1S/C15H18F3N5/c1-9-10(2)20-14(15(16,17)18)21-13(9)23-7-3-4-11(8-23)12-5-6-19-22-12/h5-6,11H,3-4,7-8H2,1-2H3,(H,19,22)/t11-/m0/s1. The molecular formula is C15H18F3N5. The summed E-state index contributed by atoms with van der Waals surface area (Å²) < 4.78 is 39.0. The Balaban J connectivity index is 1.93. The first-order chi connectivity index (χ1) is 10.9. The Hall–Kier alpha value is -2.12. The van der Waals surface area contributed by atoms with Crippen molar-refractivity contribution in [2.45, 2.75) is 38.8 Å². The van der Waals surface area contributed by atoms with Gasteiger partial charge in [0.1, 0.15) is 5.82 Å². The summed E-state index contributed by atoms with van der Waals surface area (Å²) in [5.74, 6) is -0.469. The third kappa shape index (κ3) is 3.16. The maximum absolute atomic E-state index is 13.0. The van der Waals surface area contributed by atoms with Gasteiger partial charge >= 0.3 is 6.18 Å². The zero-order valence-electron chi connectivity index (χ0n) is 13.0. The van der Waals surface area contributed by atoms with Gasteiger partial charge in [-0.1, -0.05) is 0 Å². The summed E-state index contributed by atoms with van der Waals surface area (Å²) in [6.07, 6.45) is -0.969. The van der Waals surface area contributed by atoms with Gasteiger partial charge < -0.3 is 4.90 Å². The maximum atomic E-state index is 13.0. The molecule has 1 fully saturated rings. The van der Waals surface area contributed by atoms with Gasteiger partial charge in [0.15, 0.2) is 0 Å². The van der Waals surface area contributed by atoms with Crippen LogP contribution in [0, 0.1) is 13.8 Å². The number of rotatable bonds is 2. The van der Waals surface area contributed by atoms with Crippen molar-refractivity contribution < 1.29 is 13.2 Å². The molecule has 0 spiro atoms. The molecule has 0 radical (unpaired) electrons. The van der Waals surface area contributed by atoms with Crippen molar-refractivity contribution in [1.29, 1.82) is 0 Å². The van der Waals surface area contributed by atoms with Gasteiger partial charge in [-0.15, -0.1) is 0 Å². The van der Waals surface area contributed by atoms with Crippen LogP contribution in [0.15, 0.2) is 12.3 Å². The van der Waals surface area contributed by atoms with Crippen molar-refractivity contribution in [3.8, 4) is 0 Å². The van der Waals surface area contributed by atoms with Crippen molar-refractivity contribution in [1.82, 2.24) is 20.2 Å². The fourth-order valence-corrected chi connectivity index (χ4v) is 2.97. The van der Waals surface area contributed by atoms with Gasteiger partial charge in [-0.2, -0.15) is 18.3 Å². The summed E-state index contributed by atoms with van der Waals surface area (Å²) in [4.78, 5) is 9.32. The Morgan fingerprint density at radius 3 is 2.70 bits per heavy atom. The number of anilines is 1. The predicted molar refractivity (Wildman–Crippen MR) is 79.3 cm³/mol. The molecule has 1 aliphatic heterocycles. The molecule has 124 valence electrons. The minimum Gasteiger partial charge on any atom is -0.356 e. The molecule has 0 saturated carbocycles. The molecule has 2 aromatic heterocycles. The molecule has 3 heterocycles. The molecule has 1 N–H and O–H groups in total. The Bertz CT molecular complexity index is 681. The Morgan fingerprint density at radius 2 is 2.04 bits per heavy atom. The van der Waals surface area contributed by atoms with Crippen LogP contribution >= 0.6 is 0 Å². The van der Waals surface area contributed by atoms with Crippen molar-refractivity contribution in [3.05, 3.63) is 35.0 Å². The number of H-pyrrole nitrogens is 1. The molecular weight excluding hydrogens is 307 g/mol. The van der Waals surface area contributed by atoms with Crippen molar-refractivity contribution in [3.63, 3.8) is 0 Å². The molecule has 0 amide bonds. The molecule has 0 aliphatic carbocycles. The number of aromatic nitrogens is 4. The lowest BCUT2D eigenvalue weighted by Crippen LogP contribution is -2.36. The summed E-state index contributed by atoms with van der Waals surface area (Å²) in [6.45, 7) is 4.67. The summed E-state index contributed by atoms with van der Waals surface area (Å²) in [5.41, 5.74) is 2.07. The number of halogens is 3. The van der Waals surface area contributed by atoms with Crippen LogP contribution in [-0.2, 0) is 6.18 Å². The van der Waals surface area contributed by atoms with Gasteiger partial charge in [0.25, 0.3) is 0 Å². The van der Waals surface area contributed by atoms with E-state index in [1.54, 1.807) is 20.0 Å². The van der Waals surface area contributed by atoms with E-state index in [1.807, 2.05) is 11.0 Å². The monoisotopic (exact) mass is 325 g/mol. The minimum atomic E-state index is -4.54. The SMILES string of the molecule is Cc1nc(C(F)(F)F)nc(N2CCC[C@H](c3ccn[nH]3)C2)c1C. The lowest BCUT2D eigenvalue weighted by atomic mass is 9.94. The second kappa shape index (κ2) is 5.82. The highest BCUT2D eigenvalue weighted by Gasteiger charge is 2.36. The first-order valence-corrected chi connectivity index (χ1v) is 7.53. The normalized spacial score (nSPS) is 19.2. The molecule has 3 rings (SSSR count). The molecule has 0 bridgehead atoms. The van der Waals surface area contributed by atoms with Crippen molar-refractivity contribution in [2.75, 3.05) is 18.0 Å². The summed E-state index contributed by atoms with van der Waals surface area (Å²) in [6, 6.07) is 1.91. The fraction of sp³-hybridized carbons (Fsp3) is 0.533. The van der Waals surface area contributed by atoms with Crippen LogP contribution in [0.2, 0.25) is 0 Å². The van der Waals surface area contributed by atoms with Crippen LogP contribution in [0.3, 0.4) is 0 Å². The highest BCUT2D eigenvalue weighted by Crippen LogP contribution is 2.33. The van der Waals surface area contributed by atoms with E-state index in [-0.39, 0.29) is 5.92 Å². The van der Waals surface area contributed by atoms with Crippen molar-refractivity contribution >= 4 is 5.82 Å². The van der Waals surface area contributed by atoms with E-state index >= 15 is 0 Å². The highest BCUT2D eigenvalue weighted by atomic mass is 19.4. The quantitative estimate of drug-likeness (QED) is 0.921. The number of alkyl halides is 3. The molecule has 2 aromatic rings. The van der Waals surface area contributed by atoms with E-state index in [0.29, 0.717) is 30.2 Å². The summed E-state index contributed by atoms with van der Waals surface area (Å²) in [7, 11) is 0. The van der Waals surface area contributed by atoms with Crippen LogP contribution in [0.5, 0.6) is 0 Å². The molecule has 8 heteroatoms. The van der Waals surface area contributed by atoms with E-state index in [9.17, 15) is 13.2 Å². The lowest BCUT2D eigenvalue weighted by molar-refractivity contribution is -0.145. The Kier molecular flexibility index (Phi) is 3.99. The number of aromatic amines is 1. The number of nitrogens with one attached hydrogen (secondary N) is 1. The number of nitrogens with zero attached hydrogens (tertiary/aromatic N) is 4. The number of aryl methyl sites for hydroxylation is 1. The lowest BCUT2D eigenvalue weighted by Gasteiger charge is -2.34. The molecule has 1 atom stereocenters. The van der Waals surface area contributed by atoms with Crippen LogP contribution in [0.1, 0.15) is 41.5 Å². The second-order valence-corrected chi connectivity index (χ2v) is 5.88. The number of piperidine rings is 1. The largest absolute Gasteiger partial charge is 0.451 e. The van der Waals surface area contributed by atoms with Gasteiger partial charge in [0, 0.05) is 42.2 Å². The third-order valence-electron chi connectivity index (χ3n) is 4.30. The first-order valence-electron chi connectivity index (χ1n) is 7.53. The van der Waals surface area contributed by atoms with Gasteiger partial charge in [0.05, 0.1) is 0 Å². The van der Waals surface area contributed by atoms with E-state index < -0.39 is 12.0 Å². The summed E-state index contributed by atoms with van der Waals surface area (Å²) in [5, 5.41) is 6.91. The van der Waals surface area contributed by atoms with Gasteiger partial charge in [-0.05, 0) is 32.8 Å². The van der Waals surface area contributed by atoms with E-state index in [4.69, 9.17) is 0 Å². The molecule has 23 heavy (non-hydrogen) atoms. The topological polar surface area (TPSA) is 57.7 Å². The van der Waals surface area contributed by atoms with Crippen LogP contribution in [-0.4, -0.2) is 33.3 Å². The zero-order chi connectivity index (χ0) is 16.6. The van der Waals surface area contributed by atoms with Gasteiger partial charge in [-0.25, -0.2) is 9.97 Å². The zero-order valence-corrected chi connectivity index (χ0v) is 13.0. The third-order valence-corrected chi connectivity index (χ3v) is 4.30. The van der Waals surface area contributed by atoms with E-state index in [0.717, 1.165) is 18.5 Å². The van der Waals surface area contributed by atoms with Crippen LogP contribution in [0.25, 0.3) is 0 Å². The average molecular weight is 325 g/mol. The van der Waals surface area contributed by atoms with Gasteiger partial charge in [0.2, 0.25) is 5.82 Å². The minimum absolute atomic E-state index is 0.218. The van der Waals surface area contributed by atoms with Crippen molar-refractivity contribution in [2.24, 2.45) is 0 Å². The van der Waals surface area contributed by atoms with E-state index in [2.05, 4.69) is 20.2 Å². The predicted octanol–water partition coefficient (Wildman–Crippen LogP) is 3.22. The molecule has 0 unspecified atom stereocenters. The molecule has 1 saturated heterocycles. The Morgan fingerprint density at radius 1 is 1.26 bits per heavy atom. The van der Waals surface area contributed by atoms with Crippen LogP contribution < -0.4 is 4.90 Å². The highest BCUT2D eigenvalue weighted by molar-refractivity contribution is 5.49.